The molecule has 0 unspecified atom stereocenters. The van der Waals surface area contributed by atoms with Gasteiger partial charge in [-0.25, -0.2) is 0 Å². The summed E-state index contributed by atoms with van der Waals surface area (Å²) in [6.45, 7) is 1.45. The fraction of sp³-hybridized carbons (Fsp3) is 0.278. The molecule has 0 aliphatic carbocycles. The smallest absolute Gasteiger partial charge is 0.166 e. The molecule has 0 radical (unpaired) electrons. The monoisotopic (exact) mass is 408 g/mol. The summed E-state index contributed by atoms with van der Waals surface area (Å²) in [4.78, 5) is 0. The molecule has 6 heteroatoms. The second-order valence-electron chi connectivity index (χ2n) is 5.14. The molecule has 0 fully saturated rings. The van der Waals surface area contributed by atoms with Gasteiger partial charge in [0.25, 0.3) is 0 Å². The number of thiocarbonyl (C=S) groups is 1. The van der Waals surface area contributed by atoms with E-state index in [1.807, 2.05) is 30.3 Å². The number of hydrogen-bond acceptors (Lipinski definition) is 3. The summed E-state index contributed by atoms with van der Waals surface area (Å²) < 4.78 is 11.6. The molecule has 0 aliphatic heterocycles. The van der Waals surface area contributed by atoms with Crippen molar-refractivity contribution < 1.29 is 9.47 Å². The molecule has 0 saturated heterocycles. The van der Waals surface area contributed by atoms with Crippen LogP contribution in [0.25, 0.3) is 0 Å². The third-order valence-corrected chi connectivity index (χ3v) is 4.56. The number of halogens is 1. The van der Waals surface area contributed by atoms with E-state index in [1.54, 1.807) is 14.2 Å². The Balaban J connectivity index is 1.82. The average molecular weight is 409 g/mol. The third-order valence-electron chi connectivity index (χ3n) is 3.53. The van der Waals surface area contributed by atoms with Gasteiger partial charge in [0.2, 0.25) is 0 Å². The van der Waals surface area contributed by atoms with Crippen LogP contribution in [0, 0.1) is 0 Å². The van der Waals surface area contributed by atoms with Crippen LogP contribution in [-0.2, 0) is 13.0 Å². The molecular weight excluding hydrogens is 388 g/mol. The van der Waals surface area contributed by atoms with Crippen LogP contribution >= 0.6 is 28.1 Å². The zero-order valence-electron chi connectivity index (χ0n) is 13.8. The molecule has 0 aromatic heterocycles. The van der Waals surface area contributed by atoms with Gasteiger partial charge in [-0.1, -0.05) is 46.3 Å². The summed E-state index contributed by atoms with van der Waals surface area (Å²) in [6.07, 6.45) is 0.814. The second-order valence-corrected chi connectivity index (χ2v) is 6.41. The molecule has 0 aliphatic rings. The number of rotatable bonds is 7. The number of benzene rings is 2. The fourth-order valence-electron chi connectivity index (χ4n) is 2.24. The first-order valence-corrected chi connectivity index (χ1v) is 8.80. The molecule has 2 rings (SSSR count). The van der Waals surface area contributed by atoms with E-state index in [0.717, 1.165) is 28.8 Å². The predicted octanol–water partition coefficient (Wildman–Crippen LogP) is 3.67. The summed E-state index contributed by atoms with van der Waals surface area (Å²) in [7, 11) is 3.26. The zero-order valence-corrected chi connectivity index (χ0v) is 16.2. The number of nitrogens with one attached hydrogen (secondary N) is 2. The zero-order chi connectivity index (χ0) is 17.4. The number of hydrogen-bond donors (Lipinski definition) is 2. The lowest BCUT2D eigenvalue weighted by molar-refractivity contribution is 0.354. The minimum absolute atomic E-state index is 0.649. The van der Waals surface area contributed by atoms with Crippen molar-refractivity contribution in [2.24, 2.45) is 0 Å². The Hall–Kier alpha value is -1.79. The molecule has 0 heterocycles. The van der Waals surface area contributed by atoms with E-state index in [4.69, 9.17) is 21.7 Å². The van der Waals surface area contributed by atoms with Crippen LogP contribution in [0.5, 0.6) is 11.5 Å². The molecule has 4 nitrogen and oxygen atoms in total. The maximum absolute atomic E-state index is 5.34. The Labute approximate surface area is 156 Å². The molecule has 0 spiro atoms. The predicted molar refractivity (Wildman–Crippen MR) is 105 cm³/mol. The molecular formula is C18H21BrN2O2S. The second kappa shape index (κ2) is 9.49. The van der Waals surface area contributed by atoms with Gasteiger partial charge in [-0.3, -0.25) is 0 Å². The van der Waals surface area contributed by atoms with Crippen molar-refractivity contribution >= 4 is 33.3 Å². The maximum atomic E-state index is 5.34. The summed E-state index contributed by atoms with van der Waals surface area (Å²) in [5.74, 6) is 1.43. The van der Waals surface area contributed by atoms with Gasteiger partial charge in [0.1, 0.15) is 0 Å². The van der Waals surface area contributed by atoms with E-state index in [0.29, 0.717) is 17.4 Å². The van der Waals surface area contributed by atoms with Crippen LogP contribution in [0.2, 0.25) is 0 Å². The van der Waals surface area contributed by atoms with Crippen molar-refractivity contribution in [2.75, 3.05) is 20.8 Å². The van der Waals surface area contributed by atoms with Crippen molar-refractivity contribution in [3.63, 3.8) is 0 Å². The molecule has 2 aromatic rings. The highest BCUT2D eigenvalue weighted by atomic mass is 79.9. The normalized spacial score (nSPS) is 10.1. The summed E-state index contributed by atoms with van der Waals surface area (Å²) in [5, 5.41) is 7.08. The van der Waals surface area contributed by atoms with Gasteiger partial charge in [0, 0.05) is 17.6 Å². The first-order chi connectivity index (χ1) is 11.6. The van der Waals surface area contributed by atoms with Crippen LogP contribution in [-0.4, -0.2) is 25.9 Å². The van der Waals surface area contributed by atoms with Crippen molar-refractivity contribution in [2.45, 2.75) is 13.0 Å². The van der Waals surface area contributed by atoms with E-state index in [1.165, 1.54) is 5.56 Å². The van der Waals surface area contributed by atoms with Crippen LogP contribution in [0.3, 0.4) is 0 Å². The topological polar surface area (TPSA) is 42.5 Å². The molecule has 2 aromatic carbocycles. The van der Waals surface area contributed by atoms with Crippen LogP contribution in [0.1, 0.15) is 11.1 Å². The van der Waals surface area contributed by atoms with Gasteiger partial charge in [0.15, 0.2) is 16.6 Å². The highest BCUT2D eigenvalue weighted by molar-refractivity contribution is 9.10. The van der Waals surface area contributed by atoms with Crippen molar-refractivity contribution in [1.29, 1.82) is 0 Å². The minimum Gasteiger partial charge on any atom is -0.493 e. The lowest BCUT2D eigenvalue weighted by Crippen LogP contribution is -2.35. The molecule has 24 heavy (non-hydrogen) atoms. The van der Waals surface area contributed by atoms with Crippen LogP contribution in [0.4, 0.5) is 0 Å². The Morgan fingerprint density at radius 3 is 2.38 bits per heavy atom. The third kappa shape index (κ3) is 5.39. The SMILES string of the molecule is COc1cc(Br)c(CCNC(=S)NCc2ccccc2)cc1OC. The average Bonchev–Trinajstić information content (AvgIpc) is 2.61. The minimum atomic E-state index is 0.649. The summed E-state index contributed by atoms with van der Waals surface area (Å²) in [6, 6.07) is 14.1. The van der Waals surface area contributed by atoms with E-state index < -0.39 is 0 Å². The first-order valence-electron chi connectivity index (χ1n) is 7.60. The molecule has 0 atom stereocenters. The highest BCUT2D eigenvalue weighted by Crippen LogP contribution is 2.33. The lowest BCUT2D eigenvalue weighted by atomic mass is 10.1. The first kappa shape index (κ1) is 18.5. The molecule has 0 amide bonds. The van der Waals surface area contributed by atoms with Crippen molar-refractivity contribution in [3.8, 4) is 11.5 Å². The summed E-state index contributed by atoms with van der Waals surface area (Å²) >= 11 is 8.88. The van der Waals surface area contributed by atoms with Crippen LogP contribution in [0.15, 0.2) is 46.9 Å². The van der Waals surface area contributed by atoms with Gasteiger partial charge in [-0.05, 0) is 41.9 Å². The quantitative estimate of drug-likeness (QED) is 0.684. The summed E-state index contributed by atoms with van der Waals surface area (Å²) in [5.41, 5.74) is 2.33. The van der Waals surface area contributed by atoms with Gasteiger partial charge in [-0.2, -0.15) is 0 Å². The highest BCUT2D eigenvalue weighted by Gasteiger charge is 2.09. The fourth-order valence-corrected chi connectivity index (χ4v) is 2.93. The van der Waals surface area contributed by atoms with E-state index in [9.17, 15) is 0 Å². The van der Waals surface area contributed by atoms with Gasteiger partial charge >= 0.3 is 0 Å². The van der Waals surface area contributed by atoms with E-state index >= 15 is 0 Å². The largest absolute Gasteiger partial charge is 0.493 e. The van der Waals surface area contributed by atoms with Crippen molar-refractivity contribution in [1.82, 2.24) is 10.6 Å². The Bertz CT molecular complexity index is 680. The van der Waals surface area contributed by atoms with Gasteiger partial charge < -0.3 is 20.1 Å². The maximum Gasteiger partial charge on any atom is 0.166 e. The lowest BCUT2D eigenvalue weighted by Gasteiger charge is -2.13. The van der Waals surface area contributed by atoms with Crippen LogP contribution < -0.4 is 20.1 Å². The van der Waals surface area contributed by atoms with Gasteiger partial charge in [0.05, 0.1) is 14.2 Å². The van der Waals surface area contributed by atoms with Gasteiger partial charge in [-0.15, -0.1) is 0 Å². The molecule has 128 valence electrons. The Kier molecular flexibility index (Phi) is 7.34. The number of methoxy groups -OCH3 is 2. The van der Waals surface area contributed by atoms with E-state index in [-0.39, 0.29) is 0 Å². The Morgan fingerprint density at radius 1 is 1.04 bits per heavy atom. The van der Waals surface area contributed by atoms with E-state index in [2.05, 4.69) is 38.7 Å². The number of ether oxygens (including phenoxy) is 2. The molecule has 0 saturated carbocycles. The van der Waals surface area contributed by atoms with Crippen molar-refractivity contribution in [3.05, 3.63) is 58.1 Å². The standard InChI is InChI=1S/C18H21BrN2O2S/c1-22-16-10-14(15(19)11-17(16)23-2)8-9-20-18(24)21-12-13-6-4-3-5-7-13/h3-7,10-11H,8-9,12H2,1-2H3,(H2,20,21,24). The molecule has 0 bridgehead atoms. The Morgan fingerprint density at radius 2 is 1.71 bits per heavy atom. The molecule has 2 N–H and O–H groups in total.